The van der Waals surface area contributed by atoms with Crippen LogP contribution >= 0.6 is 11.6 Å². The van der Waals surface area contributed by atoms with Crippen LogP contribution in [0.1, 0.15) is 32.3 Å². The van der Waals surface area contributed by atoms with Gasteiger partial charge in [0, 0.05) is 31.6 Å². The number of amides is 2. The van der Waals surface area contributed by atoms with Crippen LogP contribution in [0.4, 0.5) is 5.69 Å². The van der Waals surface area contributed by atoms with Crippen molar-refractivity contribution < 1.29 is 22.7 Å². The number of ether oxygens (including phenoxy) is 1. The van der Waals surface area contributed by atoms with Crippen molar-refractivity contribution in [2.75, 3.05) is 30.8 Å². The van der Waals surface area contributed by atoms with Crippen LogP contribution in [0.25, 0.3) is 0 Å². The molecule has 2 aromatic carbocycles. The maximum Gasteiger partial charge on any atom is 0.242 e. The predicted molar refractivity (Wildman–Crippen MR) is 135 cm³/mol. The molecule has 0 saturated carbocycles. The van der Waals surface area contributed by atoms with Gasteiger partial charge >= 0.3 is 0 Å². The molecular formula is C24H32ClN3O5S. The van der Waals surface area contributed by atoms with E-state index in [1.165, 1.54) is 16.3 Å². The third-order valence-electron chi connectivity index (χ3n) is 5.24. The quantitative estimate of drug-likeness (QED) is 0.472. The molecule has 2 aromatic rings. The lowest BCUT2D eigenvalue weighted by Crippen LogP contribution is -2.46. The molecule has 1 N–H and O–H groups in total. The summed E-state index contributed by atoms with van der Waals surface area (Å²) in [5, 5.41) is 3.11. The van der Waals surface area contributed by atoms with Gasteiger partial charge in [0.25, 0.3) is 0 Å². The topological polar surface area (TPSA) is 96.0 Å². The minimum absolute atomic E-state index is 0.0602. The van der Waals surface area contributed by atoms with Crippen molar-refractivity contribution in [3.63, 3.8) is 0 Å². The number of sulfonamides is 1. The summed E-state index contributed by atoms with van der Waals surface area (Å²) in [6, 6.07) is 13.3. The zero-order valence-electron chi connectivity index (χ0n) is 20.0. The highest BCUT2D eigenvalue weighted by Gasteiger charge is 2.26. The lowest BCUT2D eigenvalue weighted by molar-refractivity contribution is -0.140. The summed E-state index contributed by atoms with van der Waals surface area (Å²) in [4.78, 5) is 26.9. The van der Waals surface area contributed by atoms with Gasteiger partial charge in [0.15, 0.2) is 0 Å². The summed E-state index contributed by atoms with van der Waals surface area (Å²) >= 11 is 6.08. The number of carbonyl (C=O) groups is 2. The van der Waals surface area contributed by atoms with Crippen molar-refractivity contribution in [3.8, 4) is 5.75 Å². The second kappa shape index (κ2) is 12.6. The highest BCUT2D eigenvalue weighted by Crippen LogP contribution is 2.30. The second-order valence-corrected chi connectivity index (χ2v) is 10.1. The fourth-order valence-corrected chi connectivity index (χ4v) is 4.73. The van der Waals surface area contributed by atoms with Crippen molar-refractivity contribution in [3.05, 3.63) is 59.1 Å². The summed E-state index contributed by atoms with van der Waals surface area (Å²) in [6.07, 6.45) is 1.44. The fraction of sp³-hybridized carbons (Fsp3) is 0.417. The first-order chi connectivity index (χ1) is 16.1. The van der Waals surface area contributed by atoms with Crippen molar-refractivity contribution >= 4 is 39.1 Å². The minimum Gasteiger partial charge on any atom is -0.492 e. The average Bonchev–Trinajstić information content (AvgIpc) is 2.79. The molecule has 0 fully saturated rings. The van der Waals surface area contributed by atoms with E-state index in [-0.39, 0.29) is 37.7 Å². The molecule has 0 aromatic heterocycles. The van der Waals surface area contributed by atoms with Crippen LogP contribution in [-0.2, 0) is 26.2 Å². The number of nitrogens with zero attached hydrogens (tertiary/aromatic N) is 2. The number of benzene rings is 2. The van der Waals surface area contributed by atoms with Gasteiger partial charge < -0.3 is 15.0 Å². The SMILES string of the molecule is CCOc1ccccc1N(CCCC(=O)N(Cc1cccc(Cl)c1)[C@@H](C)C(=O)NC)S(C)(=O)=O. The van der Waals surface area contributed by atoms with Gasteiger partial charge in [-0.05, 0) is 50.1 Å². The number of hydrogen-bond acceptors (Lipinski definition) is 5. The van der Waals surface area contributed by atoms with Crippen LogP contribution < -0.4 is 14.4 Å². The summed E-state index contributed by atoms with van der Waals surface area (Å²) < 4.78 is 31.9. The van der Waals surface area contributed by atoms with E-state index in [2.05, 4.69) is 5.32 Å². The highest BCUT2D eigenvalue weighted by molar-refractivity contribution is 7.92. The molecule has 0 aliphatic heterocycles. The van der Waals surface area contributed by atoms with E-state index in [1.54, 1.807) is 49.4 Å². The second-order valence-electron chi connectivity index (χ2n) is 7.78. The van der Waals surface area contributed by atoms with Gasteiger partial charge in [-0.1, -0.05) is 35.9 Å². The Balaban J connectivity index is 2.18. The maximum atomic E-state index is 13.2. The van der Waals surface area contributed by atoms with E-state index >= 15 is 0 Å². The smallest absolute Gasteiger partial charge is 0.242 e. The standard InChI is InChI=1S/C24H32ClN3O5S/c1-5-33-22-13-7-6-12-21(22)28(34(4,31)32)15-9-14-23(29)27(18(2)24(30)26-3)17-19-10-8-11-20(25)16-19/h6-8,10-13,16,18H,5,9,14-15,17H2,1-4H3,(H,26,30)/t18-/m0/s1. The maximum absolute atomic E-state index is 13.2. The molecule has 2 rings (SSSR count). The van der Waals surface area contributed by atoms with Gasteiger partial charge in [0.2, 0.25) is 21.8 Å². The number of hydrogen-bond donors (Lipinski definition) is 1. The van der Waals surface area contributed by atoms with Gasteiger partial charge in [-0.25, -0.2) is 8.42 Å². The van der Waals surface area contributed by atoms with Crippen molar-refractivity contribution in [1.29, 1.82) is 0 Å². The largest absolute Gasteiger partial charge is 0.492 e. The molecule has 0 spiro atoms. The van der Waals surface area contributed by atoms with Gasteiger partial charge in [0.05, 0.1) is 18.6 Å². The Labute approximate surface area is 206 Å². The molecule has 0 aliphatic rings. The average molecular weight is 510 g/mol. The normalized spacial score (nSPS) is 12.0. The van der Waals surface area contributed by atoms with E-state index < -0.39 is 16.1 Å². The monoisotopic (exact) mass is 509 g/mol. The van der Waals surface area contributed by atoms with Gasteiger partial charge in [-0.2, -0.15) is 0 Å². The molecule has 10 heteroatoms. The first-order valence-electron chi connectivity index (χ1n) is 11.0. The number of rotatable bonds is 12. The van der Waals surface area contributed by atoms with Gasteiger partial charge in [0.1, 0.15) is 11.8 Å². The summed E-state index contributed by atoms with van der Waals surface area (Å²) in [7, 11) is -2.10. The molecule has 186 valence electrons. The molecule has 8 nitrogen and oxygen atoms in total. The lowest BCUT2D eigenvalue weighted by Gasteiger charge is -2.29. The first kappa shape index (κ1) is 27.5. The van der Waals surface area contributed by atoms with Crippen molar-refractivity contribution in [2.45, 2.75) is 39.3 Å². The Morgan fingerprint density at radius 3 is 2.47 bits per heavy atom. The minimum atomic E-state index is -3.61. The number of halogens is 1. The summed E-state index contributed by atoms with van der Waals surface area (Å²) in [6.45, 7) is 4.17. The molecule has 34 heavy (non-hydrogen) atoms. The third kappa shape index (κ3) is 7.63. The zero-order chi connectivity index (χ0) is 25.3. The van der Waals surface area contributed by atoms with Crippen LogP contribution in [0.2, 0.25) is 5.02 Å². The Morgan fingerprint density at radius 2 is 1.85 bits per heavy atom. The Morgan fingerprint density at radius 1 is 1.15 bits per heavy atom. The Kier molecular flexibility index (Phi) is 10.2. The molecule has 0 radical (unpaired) electrons. The van der Waals surface area contributed by atoms with Crippen LogP contribution in [0.3, 0.4) is 0 Å². The Bertz CT molecular complexity index is 1090. The molecule has 0 saturated heterocycles. The lowest BCUT2D eigenvalue weighted by atomic mass is 10.1. The summed E-state index contributed by atoms with van der Waals surface area (Å²) in [5.41, 5.74) is 1.22. The molecule has 0 heterocycles. The first-order valence-corrected chi connectivity index (χ1v) is 13.3. The van der Waals surface area contributed by atoms with Gasteiger partial charge in [-0.3, -0.25) is 13.9 Å². The summed E-state index contributed by atoms with van der Waals surface area (Å²) in [5.74, 6) is -0.0982. The van der Waals surface area contributed by atoms with E-state index in [0.29, 0.717) is 23.1 Å². The van der Waals surface area contributed by atoms with Crippen molar-refractivity contribution in [2.24, 2.45) is 0 Å². The molecule has 0 bridgehead atoms. The van der Waals surface area contributed by atoms with Crippen molar-refractivity contribution in [1.82, 2.24) is 10.2 Å². The molecule has 0 aliphatic carbocycles. The van der Waals surface area contributed by atoms with Crippen LogP contribution in [0.5, 0.6) is 5.75 Å². The van der Waals surface area contributed by atoms with E-state index in [9.17, 15) is 18.0 Å². The molecule has 2 amide bonds. The number of likely N-dealkylation sites (N-methyl/N-ethyl adjacent to an activating group) is 1. The fourth-order valence-electron chi connectivity index (χ4n) is 3.55. The zero-order valence-corrected chi connectivity index (χ0v) is 21.5. The van der Waals surface area contributed by atoms with E-state index in [0.717, 1.165) is 11.8 Å². The van der Waals surface area contributed by atoms with Crippen LogP contribution in [-0.4, -0.2) is 57.6 Å². The number of nitrogens with one attached hydrogen (secondary N) is 1. The number of anilines is 1. The number of para-hydroxylation sites is 2. The van der Waals surface area contributed by atoms with Crippen LogP contribution in [0.15, 0.2) is 48.5 Å². The molecule has 1 atom stereocenters. The number of carbonyl (C=O) groups excluding carboxylic acids is 2. The highest BCUT2D eigenvalue weighted by atomic mass is 35.5. The predicted octanol–water partition coefficient (Wildman–Crippen LogP) is 3.45. The molecular weight excluding hydrogens is 478 g/mol. The van der Waals surface area contributed by atoms with Crippen LogP contribution in [0, 0.1) is 0 Å². The third-order valence-corrected chi connectivity index (χ3v) is 6.66. The van der Waals surface area contributed by atoms with E-state index in [1.807, 2.05) is 13.0 Å². The molecule has 0 unspecified atom stereocenters. The Hall–Kier alpha value is -2.78. The van der Waals surface area contributed by atoms with E-state index in [4.69, 9.17) is 16.3 Å². The van der Waals surface area contributed by atoms with Gasteiger partial charge in [-0.15, -0.1) is 0 Å².